The highest BCUT2D eigenvalue weighted by molar-refractivity contribution is 9.10. The van der Waals surface area contributed by atoms with Gasteiger partial charge in [-0.3, -0.25) is 0 Å². The Morgan fingerprint density at radius 1 is 1.50 bits per heavy atom. The van der Waals surface area contributed by atoms with Gasteiger partial charge >= 0.3 is 0 Å². The summed E-state index contributed by atoms with van der Waals surface area (Å²) in [5.41, 5.74) is 4.60. The van der Waals surface area contributed by atoms with Crippen LogP contribution in [0.2, 0.25) is 0 Å². The summed E-state index contributed by atoms with van der Waals surface area (Å²) in [6.45, 7) is 1.41. The maximum atomic E-state index is 13.8. The van der Waals surface area contributed by atoms with E-state index in [0.717, 1.165) is 10.4 Å². The van der Waals surface area contributed by atoms with Gasteiger partial charge in [-0.05, 0) is 35.0 Å². The Balaban J connectivity index is 2.43. The van der Waals surface area contributed by atoms with Crippen LogP contribution in [0.3, 0.4) is 0 Å². The standard InChI is InChI=1S/C10H12BrFN2O3S/c1-10(15)4-14(5-10)18(16,17)8-3-6(13)2-7(11)9(8)12/h2-3,15H,4-5,13H2,1H3. The fraction of sp³-hybridized carbons (Fsp3) is 0.400. The van der Waals surface area contributed by atoms with Gasteiger partial charge in [-0.15, -0.1) is 0 Å². The van der Waals surface area contributed by atoms with Crippen molar-refractivity contribution in [3.05, 3.63) is 22.4 Å². The molecule has 2 rings (SSSR count). The van der Waals surface area contributed by atoms with Gasteiger partial charge < -0.3 is 10.8 Å². The predicted molar refractivity (Wildman–Crippen MR) is 67.9 cm³/mol. The van der Waals surface area contributed by atoms with Gasteiger partial charge in [0.2, 0.25) is 10.0 Å². The van der Waals surface area contributed by atoms with Crippen LogP contribution in [0.1, 0.15) is 6.92 Å². The van der Waals surface area contributed by atoms with Crippen LogP contribution in [0, 0.1) is 5.82 Å². The molecule has 100 valence electrons. The van der Waals surface area contributed by atoms with E-state index in [1.165, 1.54) is 13.0 Å². The second-order valence-corrected chi connectivity index (χ2v) is 7.35. The lowest BCUT2D eigenvalue weighted by Gasteiger charge is -2.42. The van der Waals surface area contributed by atoms with E-state index in [0.29, 0.717) is 0 Å². The molecular formula is C10H12BrFN2O3S. The van der Waals surface area contributed by atoms with Crippen LogP contribution in [0.25, 0.3) is 0 Å². The highest BCUT2D eigenvalue weighted by Crippen LogP contribution is 2.32. The van der Waals surface area contributed by atoms with Crippen molar-refractivity contribution in [3.63, 3.8) is 0 Å². The van der Waals surface area contributed by atoms with Crippen LogP contribution in [0.15, 0.2) is 21.5 Å². The zero-order chi connectivity index (χ0) is 13.7. The van der Waals surface area contributed by atoms with Gasteiger partial charge in [0.15, 0.2) is 5.82 Å². The van der Waals surface area contributed by atoms with Crippen molar-refractivity contribution < 1.29 is 17.9 Å². The normalized spacial score (nSPS) is 19.6. The lowest BCUT2D eigenvalue weighted by Crippen LogP contribution is -2.61. The molecule has 1 aromatic carbocycles. The summed E-state index contributed by atoms with van der Waals surface area (Å²) >= 11 is 2.91. The van der Waals surface area contributed by atoms with E-state index in [-0.39, 0.29) is 23.2 Å². The number of nitrogens with zero attached hydrogens (tertiary/aromatic N) is 1. The summed E-state index contributed by atoms with van der Waals surface area (Å²) in [5, 5.41) is 9.54. The fourth-order valence-corrected chi connectivity index (χ4v) is 4.20. The summed E-state index contributed by atoms with van der Waals surface area (Å²) in [7, 11) is -3.96. The smallest absolute Gasteiger partial charge is 0.246 e. The third-order valence-corrected chi connectivity index (χ3v) is 5.04. The summed E-state index contributed by atoms with van der Waals surface area (Å²) < 4.78 is 39.1. The van der Waals surface area contributed by atoms with E-state index in [2.05, 4.69) is 15.9 Å². The number of rotatable bonds is 2. The minimum Gasteiger partial charge on any atom is -0.399 e. The summed E-state index contributed by atoms with van der Waals surface area (Å²) in [6.07, 6.45) is 0. The van der Waals surface area contributed by atoms with Gasteiger partial charge in [-0.1, -0.05) is 0 Å². The average molecular weight is 339 g/mol. The summed E-state index contributed by atoms with van der Waals surface area (Å²) in [5.74, 6) is -0.879. The van der Waals surface area contributed by atoms with Crippen molar-refractivity contribution in [2.45, 2.75) is 17.4 Å². The predicted octanol–water partition coefficient (Wildman–Crippen LogP) is 0.926. The minimum atomic E-state index is -3.96. The van der Waals surface area contributed by atoms with E-state index >= 15 is 0 Å². The zero-order valence-corrected chi connectivity index (χ0v) is 11.9. The molecule has 1 heterocycles. The van der Waals surface area contributed by atoms with Gasteiger partial charge in [0.05, 0.1) is 10.1 Å². The maximum absolute atomic E-state index is 13.8. The molecule has 0 aliphatic carbocycles. The molecule has 5 nitrogen and oxygen atoms in total. The molecule has 1 aromatic rings. The van der Waals surface area contributed by atoms with Crippen molar-refractivity contribution in [2.24, 2.45) is 0 Å². The maximum Gasteiger partial charge on any atom is 0.246 e. The Hall–Kier alpha value is -0.700. The minimum absolute atomic E-state index is 0.00615. The molecule has 1 saturated heterocycles. The lowest BCUT2D eigenvalue weighted by atomic mass is 10.0. The van der Waals surface area contributed by atoms with Gasteiger partial charge in [-0.2, -0.15) is 4.31 Å². The number of halogens is 2. The molecule has 1 aliphatic heterocycles. The van der Waals surface area contributed by atoms with Crippen molar-refractivity contribution in [1.29, 1.82) is 0 Å². The molecule has 1 aliphatic rings. The first-order valence-corrected chi connectivity index (χ1v) is 7.34. The number of sulfonamides is 1. The van der Waals surface area contributed by atoms with Crippen LogP contribution in [-0.4, -0.2) is 36.5 Å². The largest absolute Gasteiger partial charge is 0.399 e. The Bertz CT molecular complexity index is 595. The average Bonchev–Trinajstić information content (AvgIpc) is 2.19. The van der Waals surface area contributed by atoms with E-state index in [1.54, 1.807) is 0 Å². The van der Waals surface area contributed by atoms with Crippen molar-refractivity contribution in [1.82, 2.24) is 4.31 Å². The number of benzene rings is 1. The number of hydrogen-bond donors (Lipinski definition) is 2. The summed E-state index contributed by atoms with van der Waals surface area (Å²) in [4.78, 5) is -0.482. The molecule has 0 radical (unpaired) electrons. The van der Waals surface area contributed by atoms with E-state index < -0.39 is 26.3 Å². The first-order valence-electron chi connectivity index (χ1n) is 5.10. The van der Waals surface area contributed by atoms with Gasteiger partial charge in [0, 0.05) is 18.8 Å². The van der Waals surface area contributed by atoms with E-state index in [1.807, 2.05) is 0 Å². The van der Waals surface area contributed by atoms with E-state index in [4.69, 9.17) is 5.73 Å². The van der Waals surface area contributed by atoms with Crippen LogP contribution in [-0.2, 0) is 10.0 Å². The molecule has 1 fully saturated rings. The van der Waals surface area contributed by atoms with Gasteiger partial charge in [-0.25, -0.2) is 12.8 Å². The molecule has 0 saturated carbocycles. The molecule has 0 bridgehead atoms. The van der Waals surface area contributed by atoms with Gasteiger partial charge in [0.25, 0.3) is 0 Å². The SMILES string of the molecule is CC1(O)CN(S(=O)(=O)c2cc(N)cc(Br)c2F)C1. The molecule has 8 heteroatoms. The first-order chi connectivity index (χ1) is 8.13. The van der Waals surface area contributed by atoms with Crippen molar-refractivity contribution in [3.8, 4) is 0 Å². The molecule has 0 aromatic heterocycles. The van der Waals surface area contributed by atoms with Crippen LogP contribution in [0.4, 0.5) is 10.1 Å². The second kappa shape index (κ2) is 4.16. The number of nitrogens with two attached hydrogens (primary N) is 1. The molecule has 18 heavy (non-hydrogen) atoms. The highest BCUT2D eigenvalue weighted by atomic mass is 79.9. The van der Waals surface area contributed by atoms with Crippen LogP contribution < -0.4 is 5.73 Å². The number of hydrogen-bond acceptors (Lipinski definition) is 4. The second-order valence-electron chi connectivity index (χ2n) is 4.58. The molecule has 3 N–H and O–H groups in total. The quantitative estimate of drug-likeness (QED) is 0.785. The number of nitrogen functional groups attached to an aromatic ring is 1. The fourth-order valence-electron chi connectivity index (χ4n) is 1.79. The topological polar surface area (TPSA) is 83.6 Å². The summed E-state index contributed by atoms with van der Waals surface area (Å²) in [6, 6.07) is 2.36. The Morgan fingerprint density at radius 3 is 2.56 bits per heavy atom. The van der Waals surface area contributed by atoms with Crippen molar-refractivity contribution in [2.75, 3.05) is 18.8 Å². The van der Waals surface area contributed by atoms with Crippen LogP contribution in [0.5, 0.6) is 0 Å². The number of β-amino-alcohol motifs (C(OH)–C–C–N with tert-alkyl or cyclic N) is 1. The first kappa shape index (κ1) is 13.7. The Labute approximate surface area is 113 Å². The highest BCUT2D eigenvalue weighted by Gasteiger charge is 2.44. The van der Waals surface area contributed by atoms with Crippen LogP contribution >= 0.6 is 15.9 Å². The Morgan fingerprint density at radius 2 is 2.06 bits per heavy atom. The number of anilines is 1. The Kier molecular flexibility index (Phi) is 3.17. The molecule has 0 amide bonds. The third-order valence-electron chi connectivity index (χ3n) is 2.67. The molecule has 0 atom stereocenters. The van der Waals surface area contributed by atoms with Gasteiger partial charge in [0.1, 0.15) is 4.90 Å². The zero-order valence-electron chi connectivity index (χ0n) is 9.52. The van der Waals surface area contributed by atoms with Crippen molar-refractivity contribution >= 4 is 31.6 Å². The molecular weight excluding hydrogens is 327 g/mol. The van der Waals surface area contributed by atoms with E-state index in [9.17, 15) is 17.9 Å². The third kappa shape index (κ3) is 2.25. The molecule has 0 spiro atoms. The monoisotopic (exact) mass is 338 g/mol. The number of aliphatic hydroxyl groups is 1. The molecule has 0 unspecified atom stereocenters. The lowest BCUT2D eigenvalue weighted by molar-refractivity contribution is -0.0427.